The Kier molecular flexibility index (Phi) is 4.85. The lowest BCUT2D eigenvalue weighted by molar-refractivity contribution is 0.323. The van der Waals surface area contributed by atoms with Crippen LogP contribution >= 0.6 is 23.2 Å². The number of halogens is 2. The Morgan fingerprint density at radius 3 is 2.86 bits per heavy atom. The fourth-order valence-corrected chi connectivity index (χ4v) is 1.43. The molecule has 0 saturated carbocycles. The van der Waals surface area contributed by atoms with Crippen molar-refractivity contribution in [3.05, 3.63) is 40.4 Å². The van der Waals surface area contributed by atoms with E-state index in [0.29, 0.717) is 6.61 Å². The van der Waals surface area contributed by atoms with E-state index in [1.165, 1.54) is 5.54 Å². The van der Waals surface area contributed by atoms with Crippen LogP contribution in [0.3, 0.4) is 0 Å². The minimum absolute atomic E-state index is 0.631. The van der Waals surface area contributed by atoms with E-state index in [0.717, 1.165) is 22.8 Å². The van der Waals surface area contributed by atoms with Crippen molar-refractivity contribution >= 4 is 23.2 Å². The second kappa shape index (κ2) is 5.94. The average Bonchev–Trinajstić information content (AvgIpc) is 2.15. The van der Waals surface area contributed by atoms with Crippen molar-refractivity contribution in [2.45, 2.75) is 13.3 Å². The van der Waals surface area contributed by atoms with Gasteiger partial charge < -0.3 is 4.74 Å². The van der Waals surface area contributed by atoms with Crippen LogP contribution in [0.25, 0.3) is 0 Å². The van der Waals surface area contributed by atoms with Gasteiger partial charge in [-0.15, -0.1) is 0 Å². The molecule has 14 heavy (non-hydrogen) atoms. The Balaban J connectivity index is 2.50. The predicted molar refractivity (Wildman–Crippen MR) is 61.3 cm³/mol. The summed E-state index contributed by atoms with van der Waals surface area (Å²) in [5.74, 6) is 0.873. The Bertz CT molecular complexity index is 321. The number of benzene rings is 1. The van der Waals surface area contributed by atoms with Crippen LogP contribution in [0.15, 0.2) is 29.8 Å². The Labute approximate surface area is 94.3 Å². The number of hydrogen-bond donors (Lipinski definition) is 0. The van der Waals surface area contributed by atoms with Gasteiger partial charge in [0.15, 0.2) is 0 Å². The van der Waals surface area contributed by atoms with Crippen molar-refractivity contribution in [1.29, 1.82) is 0 Å². The lowest BCUT2D eigenvalue weighted by atomic mass is 10.2. The largest absolute Gasteiger partial charge is 0.493 e. The normalized spacial score (nSPS) is 10.8. The summed E-state index contributed by atoms with van der Waals surface area (Å²) < 4.78 is 5.53. The molecule has 0 aliphatic carbocycles. The summed E-state index contributed by atoms with van der Waals surface area (Å²) in [6.45, 7) is 2.60. The van der Waals surface area contributed by atoms with E-state index >= 15 is 0 Å². The predicted octanol–water partition coefficient (Wildman–Crippen LogP) is 4.17. The molecule has 1 rings (SSSR count). The van der Waals surface area contributed by atoms with Crippen molar-refractivity contribution in [1.82, 2.24) is 0 Å². The van der Waals surface area contributed by atoms with Crippen molar-refractivity contribution in [3.8, 4) is 5.75 Å². The van der Waals surface area contributed by atoms with Gasteiger partial charge in [0.25, 0.3) is 0 Å². The highest BCUT2D eigenvalue weighted by Gasteiger charge is 1.98. The second-order valence-electron chi connectivity index (χ2n) is 2.91. The fourth-order valence-electron chi connectivity index (χ4n) is 1.07. The third kappa shape index (κ3) is 3.60. The molecule has 0 bridgehead atoms. The van der Waals surface area contributed by atoms with Gasteiger partial charge in [-0.25, -0.2) is 0 Å². The van der Waals surface area contributed by atoms with Gasteiger partial charge in [0.05, 0.1) is 6.61 Å². The smallest absolute Gasteiger partial charge is 0.122 e. The van der Waals surface area contributed by atoms with E-state index in [-0.39, 0.29) is 0 Å². The molecule has 1 aromatic rings. The molecular formula is C11H12Cl2O. The quantitative estimate of drug-likeness (QED) is 0.706. The van der Waals surface area contributed by atoms with Gasteiger partial charge in [-0.05, 0) is 30.7 Å². The van der Waals surface area contributed by atoms with Crippen molar-refractivity contribution in [2.24, 2.45) is 0 Å². The van der Waals surface area contributed by atoms with E-state index in [1.54, 1.807) is 0 Å². The molecule has 0 radical (unpaired) electrons. The van der Waals surface area contributed by atoms with Crippen LogP contribution in [0.2, 0.25) is 5.02 Å². The van der Waals surface area contributed by atoms with Crippen molar-refractivity contribution in [3.63, 3.8) is 0 Å². The maximum atomic E-state index is 5.82. The van der Waals surface area contributed by atoms with E-state index in [4.69, 9.17) is 27.9 Å². The molecule has 0 heterocycles. The molecule has 0 saturated heterocycles. The molecule has 0 amide bonds. The van der Waals surface area contributed by atoms with Gasteiger partial charge in [0.2, 0.25) is 0 Å². The third-order valence-corrected chi connectivity index (χ3v) is 2.18. The maximum Gasteiger partial charge on any atom is 0.122 e. The number of ether oxygens (including phenoxy) is 1. The first-order valence-electron chi connectivity index (χ1n) is 4.38. The summed E-state index contributed by atoms with van der Waals surface area (Å²) in [6, 6.07) is 5.58. The van der Waals surface area contributed by atoms with Gasteiger partial charge in [0.1, 0.15) is 5.75 Å². The maximum absolute atomic E-state index is 5.82. The summed E-state index contributed by atoms with van der Waals surface area (Å²) in [6.07, 6.45) is 2.67. The van der Waals surface area contributed by atoms with Crippen LogP contribution in [-0.2, 0) is 0 Å². The van der Waals surface area contributed by atoms with E-state index in [9.17, 15) is 0 Å². The lowest BCUT2D eigenvalue weighted by Crippen LogP contribution is -1.97. The standard InChI is InChI=1S/C11H12Cl2O/c1-9-8-10(13)4-5-11(9)14-7-3-2-6-12/h2,4-6,8H,3,7H2,1H3. The topological polar surface area (TPSA) is 9.23 Å². The first kappa shape index (κ1) is 11.4. The molecule has 76 valence electrons. The summed E-state index contributed by atoms with van der Waals surface area (Å²) in [4.78, 5) is 0. The highest BCUT2D eigenvalue weighted by atomic mass is 35.5. The van der Waals surface area contributed by atoms with Crippen molar-refractivity contribution < 1.29 is 4.74 Å². The zero-order valence-corrected chi connectivity index (χ0v) is 9.48. The monoisotopic (exact) mass is 230 g/mol. The van der Waals surface area contributed by atoms with E-state index in [1.807, 2.05) is 31.2 Å². The van der Waals surface area contributed by atoms with Gasteiger partial charge in [-0.1, -0.05) is 29.3 Å². The van der Waals surface area contributed by atoms with Crippen LogP contribution in [-0.4, -0.2) is 6.61 Å². The Morgan fingerprint density at radius 2 is 2.21 bits per heavy atom. The Morgan fingerprint density at radius 1 is 1.43 bits per heavy atom. The first-order valence-corrected chi connectivity index (χ1v) is 5.19. The fraction of sp³-hybridized carbons (Fsp3) is 0.273. The van der Waals surface area contributed by atoms with Gasteiger partial charge in [-0.3, -0.25) is 0 Å². The zero-order valence-electron chi connectivity index (χ0n) is 7.97. The van der Waals surface area contributed by atoms with Gasteiger partial charge in [0, 0.05) is 17.0 Å². The van der Waals surface area contributed by atoms with E-state index in [2.05, 4.69) is 0 Å². The summed E-state index contributed by atoms with van der Waals surface area (Å²) >= 11 is 11.2. The summed E-state index contributed by atoms with van der Waals surface area (Å²) in [7, 11) is 0. The molecule has 0 unspecified atom stereocenters. The van der Waals surface area contributed by atoms with Crippen LogP contribution in [0.4, 0.5) is 0 Å². The molecule has 0 fully saturated rings. The molecule has 0 N–H and O–H groups in total. The first-order chi connectivity index (χ1) is 6.74. The van der Waals surface area contributed by atoms with Crippen LogP contribution in [0.1, 0.15) is 12.0 Å². The molecule has 0 atom stereocenters. The minimum Gasteiger partial charge on any atom is -0.493 e. The molecule has 1 nitrogen and oxygen atoms in total. The highest BCUT2D eigenvalue weighted by Crippen LogP contribution is 2.21. The molecule has 1 aromatic carbocycles. The number of aryl methyl sites for hydroxylation is 1. The molecular weight excluding hydrogens is 219 g/mol. The van der Waals surface area contributed by atoms with Gasteiger partial charge in [-0.2, -0.15) is 0 Å². The van der Waals surface area contributed by atoms with Crippen molar-refractivity contribution in [2.75, 3.05) is 6.61 Å². The second-order valence-corrected chi connectivity index (χ2v) is 3.60. The van der Waals surface area contributed by atoms with E-state index < -0.39 is 0 Å². The third-order valence-electron chi connectivity index (χ3n) is 1.77. The number of rotatable bonds is 4. The summed E-state index contributed by atoms with van der Waals surface area (Å²) in [5, 5.41) is 0.732. The van der Waals surface area contributed by atoms with Gasteiger partial charge >= 0.3 is 0 Å². The van der Waals surface area contributed by atoms with Crippen LogP contribution < -0.4 is 4.74 Å². The molecule has 0 spiro atoms. The van der Waals surface area contributed by atoms with Crippen LogP contribution in [0.5, 0.6) is 5.75 Å². The molecule has 3 heteroatoms. The number of hydrogen-bond acceptors (Lipinski definition) is 1. The minimum atomic E-state index is 0.631. The SMILES string of the molecule is Cc1cc(Cl)ccc1OCCC=CCl. The highest BCUT2D eigenvalue weighted by molar-refractivity contribution is 6.30. The Hall–Kier alpha value is -0.660. The molecule has 0 aliphatic rings. The zero-order chi connectivity index (χ0) is 10.4. The molecule has 0 aromatic heterocycles. The lowest BCUT2D eigenvalue weighted by Gasteiger charge is -2.07. The summed E-state index contributed by atoms with van der Waals surface area (Å²) in [5.41, 5.74) is 2.55. The molecule has 0 aliphatic heterocycles. The van der Waals surface area contributed by atoms with Crippen LogP contribution in [0, 0.1) is 6.92 Å². The average molecular weight is 231 g/mol.